The molecule has 1 aliphatic rings. The Balaban J connectivity index is 2.14. The summed E-state index contributed by atoms with van der Waals surface area (Å²) in [4.78, 5) is 7.71. The van der Waals surface area contributed by atoms with Crippen LogP contribution in [-0.4, -0.2) is 23.2 Å². The Morgan fingerprint density at radius 2 is 2.29 bits per heavy atom. The minimum absolute atomic E-state index is 0.113. The minimum atomic E-state index is 0.113. The monoisotopic (exact) mass is 212 g/mol. The molecule has 0 radical (unpaired) electrons. The highest BCUT2D eigenvalue weighted by Crippen LogP contribution is 2.32. The van der Waals surface area contributed by atoms with Gasteiger partial charge in [-0.05, 0) is 26.2 Å². The summed E-state index contributed by atoms with van der Waals surface area (Å²) in [5.74, 6) is 0. The molecule has 0 saturated heterocycles. The van der Waals surface area contributed by atoms with Crippen molar-refractivity contribution in [3.8, 4) is 0 Å². The van der Waals surface area contributed by atoms with Crippen molar-refractivity contribution in [3.05, 3.63) is 10.6 Å². The van der Waals surface area contributed by atoms with Crippen LogP contribution in [-0.2, 0) is 6.61 Å². The first-order valence-electron chi connectivity index (χ1n) is 5.02. The van der Waals surface area contributed by atoms with E-state index in [0.29, 0.717) is 6.04 Å². The highest BCUT2D eigenvalue weighted by atomic mass is 32.1. The van der Waals surface area contributed by atoms with Crippen LogP contribution in [0.15, 0.2) is 0 Å². The molecular weight excluding hydrogens is 196 g/mol. The molecule has 14 heavy (non-hydrogen) atoms. The molecule has 1 aromatic heterocycles. The normalized spacial score (nSPS) is 16.8. The largest absolute Gasteiger partial charge is 0.391 e. The van der Waals surface area contributed by atoms with E-state index in [1.807, 2.05) is 6.92 Å². The van der Waals surface area contributed by atoms with Gasteiger partial charge >= 0.3 is 0 Å². The van der Waals surface area contributed by atoms with Crippen molar-refractivity contribution in [1.29, 1.82) is 0 Å². The van der Waals surface area contributed by atoms with E-state index in [4.69, 9.17) is 5.11 Å². The molecule has 1 saturated carbocycles. The average molecular weight is 212 g/mol. The van der Waals surface area contributed by atoms with Gasteiger partial charge < -0.3 is 10.0 Å². The van der Waals surface area contributed by atoms with E-state index >= 15 is 0 Å². The summed E-state index contributed by atoms with van der Waals surface area (Å²) < 4.78 is 0. The molecule has 0 atom stereocenters. The fraction of sp³-hybridized carbons (Fsp3) is 0.700. The molecule has 0 amide bonds. The van der Waals surface area contributed by atoms with Gasteiger partial charge in [-0.1, -0.05) is 11.3 Å². The lowest BCUT2D eigenvalue weighted by atomic mass is 9.92. The summed E-state index contributed by atoms with van der Waals surface area (Å²) in [6.45, 7) is 2.07. The van der Waals surface area contributed by atoms with Gasteiger partial charge in [-0.2, -0.15) is 0 Å². The highest BCUT2D eigenvalue weighted by molar-refractivity contribution is 7.15. The van der Waals surface area contributed by atoms with E-state index in [0.717, 1.165) is 15.7 Å². The van der Waals surface area contributed by atoms with Gasteiger partial charge in [0.05, 0.1) is 17.2 Å². The van der Waals surface area contributed by atoms with Crippen LogP contribution in [0.25, 0.3) is 0 Å². The van der Waals surface area contributed by atoms with Crippen molar-refractivity contribution < 1.29 is 5.11 Å². The predicted octanol–water partition coefficient (Wildman–Crippen LogP) is 1.93. The first-order chi connectivity index (χ1) is 6.72. The molecule has 2 rings (SSSR count). The Bertz CT molecular complexity index is 320. The Morgan fingerprint density at radius 1 is 1.57 bits per heavy atom. The van der Waals surface area contributed by atoms with Crippen LogP contribution in [0.4, 0.5) is 5.13 Å². The van der Waals surface area contributed by atoms with Crippen LogP contribution in [0, 0.1) is 6.92 Å². The molecule has 0 aliphatic heterocycles. The third-order valence-corrected chi connectivity index (χ3v) is 4.18. The number of anilines is 1. The van der Waals surface area contributed by atoms with Gasteiger partial charge in [-0.25, -0.2) is 4.98 Å². The van der Waals surface area contributed by atoms with E-state index in [1.165, 1.54) is 19.3 Å². The molecule has 78 valence electrons. The van der Waals surface area contributed by atoms with Crippen LogP contribution in [0.1, 0.15) is 29.8 Å². The number of rotatable bonds is 3. The van der Waals surface area contributed by atoms with E-state index in [9.17, 15) is 0 Å². The fourth-order valence-electron chi connectivity index (χ4n) is 1.64. The summed E-state index contributed by atoms with van der Waals surface area (Å²) >= 11 is 1.61. The van der Waals surface area contributed by atoms with Crippen molar-refractivity contribution >= 4 is 16.5 Å². The zero-order valence-corrected chi connectivity index (χ0v) is 9.47. The van der Waals surface area contributed by atoms with Crippen molar-refractivity contribution in [3.63, 3.8) is 0 Å². The number of thiazole rings is 1. The Morgan fingerprint density at radius 3 is 2.71 bits per heavy atom. The first kappa shape index (κ1) is 9.93. The SMILES string of the molecule is Cc1nc(N(C)C2CCC2)sc1CO. The van der Waals surface area contributed by atoms with E-state index in [2.05, 4.69) is 16.9 Å². The first-order valence-corrected chi connectivity index (χ1v) is 5.84. The summed E-state index contributed by atoms with van der Waals surface area (Å²) in [7, 11) is 2.10. The smallest absolute Gasteiger partial charge is 0.185 e. The number of nitrogens with zero attached hydrogens (tertiary/aromatic N) is 2. The molecule has 0 bridgehead atoms. The van der Waals surface area contributed by atoms with Gasteiger partial charge in [0.2, 0.25) is 0 Å². The Kier molecular flexibility index (Phi) is 2.74. The molecule has 1 N–H and O–H groups in total. The van der Waals surface area contributed by atoms with Gasteiger partial charge in [-0.3, -0.25) is 0 Å². The second kappa shape index (κ2) is 3.87. The van der Waals surface area contributed by atoms with Gasteiger partial charge in [0.15, 0.2) is 5.13 Å². The Labute approximate surface area is 88.4 Å². The maximum Gasteiger partial charge on any atom is 0.185 e. The lowest BCUT2D eigenvalue weighted by molar-refractivity contribution is 0.284. The van der Waals surface area contributed by atoms with Crippen LogP contribution >= 0.6 is 11.3 Å². The molecule has 1 heterocycles. The lowest BCUT2D eigenvalue weighted by Gasteiger charge is -2.34. The number of aliphatic hydroxyl groups excluding tert-OH is 1. The molecule has 1 aromatic rings. The minimum Gasteiger partial charge on any atom is -0.391 e. The number of aromatic nitrogens is 1. The van der Waals surface area contributed by atoms with Crippen LogP contribution in [0.5, 0.6) is 0 Å². The maximum atomic E-state index is 9.08. The van der Waals surface area contributed by atoms with Crippen LogP contribution < -0.4 is 4.90 Å². The molecule has 1 fully saturated rings. The third kappa shape index (κ3) is 1.64. The standard InChI is InChI=1S/C10H16N2OS/c1-7-9(6-13)14-10(11-7)12(2)8-4-3-5-8/h8,13H,3-6H2,1-2H3. The zero-order chi connectivity index (χ0) is 10.1. The molecule has 0 aromatic carbocycles. The molecular formula is C10H16N2OS. The third-order valence-electron chi connectivity index (χ3n) is 2.95. The number of hydrogen-bond donors (Lipinski definition) is 1. The molecule has 3 nitrogen and oxygen atoms in total. The van der Waals surface area contributed by atoms with Crippen LogP contribution in [0.3, 0.4) is 0 Å². The van der Waals surface area contributed by atoms with Gasteiger partial charge in [0.25, 0.3) is 0 Å². The lowest BCUT2D eigenvalue weighted by Crippen LogP contribution is -2.36. The summed E-state index contributed by atoms with van der Waals surface area (Å²) in [6, 6.07) is 0.673. The van der Waals surface area contributed by atoms with E-state index in [1.54, 1.807) is 11.3 Å². The maximum absolute atomic E-state index is 9.08. The number of aryl methyl sites for hydroxylation is 1. The zero-order valence-electron chi connectivity index (χ0n) is 8.66. The van der Waals surface area contributed by atoms with Crippen molar-refractivity contribution in [1.82, 2.24) is 4.98 Å². The summed E-state index contributed by atoms with van der Waals surface area (Å²) in [5, 5.41) is 10.1. The molecule has 4 heteroatoms. The van der Waals surface area contributed by atoms with E-state index < -0.39 is 0 Å². The van der Waals surface area contributed by atoms with Gasteiger partial charge in [0, 0.05) is 13.1 Å². The molecule has 1 aliphatic carbocycles. The van der Waals surface area contributed by atoms with Crippen molar-refractivity contribution in [2.75, 3.05) is 11.9 Å². The quantitative estimate of drug-likeness (QED) is 0.831. The molecule has 0 spiro atoms. The van der Waals surface area contributed by atoms with Gasteiger partial charge in [0.1, 0.15) is 0 Å². The van der Waals surface area contributed by atoms with Crippen molar-refractivity contribution in [2.24, 2.45) is 0 Å². The Hall–Kier alpha value is -0.610. The van der Waals surface area contributed by atoms with Gasteiger partial charge in [-0.15, -0.1) is 0 Å². The second-order valence-electron chi connectivity index (χ2n) is 3.86. The summed E-state index contributed by atoms with van der Waals surface area (Å²) in [5.41, 5.74) is 0.971. The van der Waals surface area contributed by atoms with E-state index in [-0.39, 0.29) is 6.61 Å². The predicted molar refractivity (Wildman–Crippen MR) is 58.8 cm³/mol. The second-order valence-corrected chi connectivity index (χ2v) is 4.92. The van der Waals surface area contributed by atoms with Crippen molar-refractivity contribution in [2.45, 2.75) is 38.8 Å². The highest BCUT2D eigenvalue weighted by Gasteiger charge is 2.24. The summed E-state index contributed by atoms with van der Waals surface area (Å²) in [6.07, 6.45) is 3.90. The topological polar surface area (TPSA) is 36.4 Å². The molecule has 0 unspecified atom stereocenters. The van der Waals surface area contributed by atoms with Crippen LogP contribution in [0.2, 0.25) is 0 Å². The average Bonchev–Trinajstić information content (AvgIpc) is 2.43. The number of aliphatic hydroxyl groups is 1. The number of hydrogen-bond acceptors (Lipinski definition) is 4. The fourth-order valence-corrected chi connectivity index (χ4v) is 2.59.